The van der Waals surface area contributed by atoms with Crippen LogP contribution in [0.5, 0.6) is 0 Å². The van der Waals surface area contributed by atoms with Crippen LogP contribution in [0, 0.1) is 6.92 Å². The van der Waals surface area contributed by atoms with E-state index in [2.05, 4.69) is 27.2 Å². The second kappa shape index (κ2) is 4.90. The SMILES string of the molecule is CCNCc1cnc(-c2cccc(C)n2)[nH]1. The van der Waals surface area contributed by atoms with Gasteiger partial charge in [0.15, 0.2) is 5.82 Å². The van der Waals surface area contributed by atoms with Gasteiger partial charge in [0.25, 0.3) is 0 Å². The summed E-state index contributed by atoms with van der Waals surface area (Å²) < 4.78 is 0. The molecule has 0 aliphatic carbocycles. The van der Waals surface area contributed by atoms with Gasteiger partial charge in [0.2, 0.25) is 0 Å². The third-order valence-corrected chi connectivity index (χ3v) is 2.32. The van der Waals surface area contributed by atoms with Crippen LogP contribution in [-0.2, 0) is 6.54 Å². The first-order valence-electron chi connectivity index (χ1n) is 5.48. The smallest absolute Gasteiger partial charge is 0.156 e. The van der Waals surface area contributed by atoms with Gasteiger partial charge in [0.1, 0.15) is 5.69 Å². The third kappa shape index (κ3) is 2.46. The average Bonchev–Trinajstić information content (AvgIpc) is 2.75. The number of pyridine rings is 1. The Morgan fingerprint density at radius 1 is 1.38 bits per heavy atom. The molecule has 84 valence electrons. The number of nitrogens with one attached hydrogen (secondary N) is 2. The van der Waals surface area contributed by atoms with Gasteiger partial charge >= 0.3 is 0 Å². The molecule has 4 heteroatoms. The maximum atomic E-state index is 4.42. The van der Waals surface area contributed by atoms with Crippen LogP contribution < -0.4 is 5.32 Å². The number of aromatic amines is 1. The van der Waals surface area contributed by atoms with Crippen molar-refractivity contribution < 1.29 is 0 Å². The van der Waals surface area contributed by atoms with Gasteiger partial charge < -0.3 is 10.3 Å². The Morgan fingerprint density at radius 2 is 2.25 bits per heavy atom. The van der Waals surface area contributed by atoms with E-state index < -0.39 is 0 Å². The van der Waals surface area contributed by atoms with Gasteiger partial charge in [-0.3, -0.25) is 0 Å². The van der Waals surface area contributed by atoms with Gasteiger partial charge in [-0.2, -0.15) is 0 Å². The van der Waals surface area contributed by atoms with E-state index in [0.29, 0.717) is 0 Å². The van der Waals surface area contributed by atoms with Crippen LogP contribution in [0.4, 0.5) is 0 Å². The Bertz CT molecular complexity index is 462. The molecular weight excluding hydrogens is 200 g/mol. The molecule has 0 bridgehead atoms. The van der Waals surface area contributed by atoms with Crippen molar-refractivity contribution in [3.8, 4) is 11.5 Å². The number of hydrogen-bond donors (Lipinski definition) is 2. The molecule has 0 aromatic carbocycles. The molecule has 0 aliphatic heterocycles. The number of H-pyrrole nitrogens is 1. The van der Waals surface area contributed by atoms with Crippen molar-refractivity contribution in [3.05, 3.63) is 35.8 Å². The lowest BCUT2D eigenvalue weighted by molar-refractivity contribution is 0.714. The van der Waals surface area contributed by atoms with Crippen LogP contribution >= 0.6 is 0 Å². The second-order valence-electron chi connectivity index (χ2n) is 3.70. The maximum absolute atomic E-state index is 4.42. The second-order valence-corrected chi connectivity index (χ2v) is 3.70. The van der Waals surface area contributed by atoms with Crippen LogP contribution in [0.15, 0.2) is 24.4 Å². The predicted molar refractivity (Wildman–Crippen MR) is 63.9 cm³/mol. The minimum Gasteiger partial charge on any atom is -0.339 e. The zero-order valence-electron chi connectivity index (χ0n) is 9.62. The Balaban J connectivity index is 2.18. The summed E-state index contributed by atoms with van der Waals surface area (Å²) in [5.74, 6) is 0.830. The van der Waals surface area contributed by atoms with E-state index >= 15 is 0 Å². The van der Waals surface area contributed by atoms with E-state index in [1.54, 1.807) is 0 Å². The number of imidazole rings is 1. The zero-order valence-corrected chi connectivity index (χ0v) is 9.62. The normalized spacial score (nSPS) is 10.6. The van der Waals surface area contributed by atoms with Crippen molar-refractivity contribution >= 4 is 0 Å². The molecule has 16 heavy (non-hydrogen) atoms. The van der Waals surface area contributed by atoms with E-state index in [9.17, 15) is 0 Å². The molecule has 2 heterocycles. The van der Waals surface area contributed by atoms with Gasteiger partial charge in [-0.1, -0.05) is 13.0 Å². The minimum atomic E-state index is 0.815. The van der Waals surface area contributed by atoms with Gasteiger partial charge in [0.05, 0.1) is 6.20 Å². The molecule has 0 saturated carbocycles. The lowest BCUT2D eigenvalue weighted by Crippen LogP contribution is -2.11. The topological polar surface area (TPSA) is 53.6 Å². The largest absolute Gasteiger partial charge is 0.339 e. The summed E-state index contributed by atoms with van der Waals surface area (Å²) in [7, 11) is 0. The summed E-state index contributed by atoms with van der Waals surface area (Å²) in [4.78, 5) is 12.0. The van der Waals surface area contributed by atoms with Gasteiger partial charge in [-0.15, -0.1) is 0 Å². The molecule has 0 unspecified atom stereocenters. The fourth-order valence-corrected chi connectivity index (χ4v) is 1.51. The number of rotatable bonds is 4. The van der Waals surface area contributed by atoms with Gasteiger partial charge in [-0.25, -0.2) is 9.97 Å². The molecule has 0 fully saturated rings. The quantitative estimate of drug-likeness (QED) is 0.820. The number of nitrogens with zero attached hydrogens (tertiary/aromatic N) is 2. The molecule has 2 aromatic rings. The Kier molecular flexibility index (Phi) is 3.31. The van der Waals surface area contributed by atoms with E-state index in [0.717, 1.165) is 36.0 Å². The van der Waals surface area contributed by atoms with Crippen LogP contribution in [0.3, 0.4) is 0 Å². The fraction of sp³-hybridized carbons (Fsp3) is 0.333. The Hall–Kier alpha value is -1.68. The molecule has 2 rings (SSSR count). The summed E-state index contributed by atoms with van der Waals surface area (Å²) >= 11 is 0. The standard InChI is InChI=1S/C12H16N4/c1-3-13-7-10-8-14-12(16-10)11-6-4-5-9(2)15-11/h4-6,8,13H,3,7H2,1-2H3,(H,14,16). The van der Waals surface area contributed by atoms with Crippen molar-refractivity contribution in [2.45, 2.75) is 20.4 Å². The first-order chi connectivity index (χ1) is 7.79. The van der Waals surface area contributed by atoms with Crippen LogP contribution in [0.25, 0.3) is 11.5 Å². The van der Waals surface area contributed by atoms with Crippen LogP contribution in [0.2, 0.25) is 0 Å². The minimum absolute atomic E-state index is 0.815. The monoisotopic (exact) mass is 216 g/mol. The highest BCUT2D eigenvalue weighted by molar-refractivity contribution is 5.49. The first kappa shape index (κ1) is 10.8. The Morgan fingerprint density at radius 3 is 3.00 bits per heavy atom. The van der Waals surface area contributed by atoms with Gasteiger partial charge in [0, 0.05) is 17.9 Å². The summed E-state index contributed by atoms with van der Waals surface area (Å²) in [6.45, 7) is 5.83. The van der Waals surface area contributed by atoms with E-state index in [1.165, 1.54) is 0 Å². The van der Waals surface area contributed by atoms with E-state index in [-0.39, 0.29) is 0 Å². The average molecular weight is 216 g/mol. The highest BCUT2D eigenvalue weighted by Gasteiger charge is 2.04. The lowest BCUT2D eigenvalue weighted by atomic mass is 10.3. The van der Waals surface area contributed by atoms with E-state index in [1.807, 2.05) is 31.3 Å². The van der Waals surface area contributed by atoms with Crippen molar-refractivity contribution in [1.82, 2.24) is 20.3 Å². The fourth-order valence-electron chi connectivity index (χ4n) is 1.51. The molecule has 2 N–H and O–H groups in total. The molecule has 0 radical (unpaired) electrons. The van der Waals surface area contributed by atoms with Crippen LogP contribution in [0.1, 0.15) is 18.3 Å². The zero-order chi connectivity index (χ0) is 11.4. The summed E-state index contributed by atoms with van der Waals surface area (Å²) in [6, 6.07) is 5.93. The van der Waals surface area contributed by atoms with Crippen molar-refractivity contribution in [3.63, 3.8) is 0 Å². The summed E-state index contributed by atoms with van der Waals surface area (Å²) in [5.41, 5.74) is 2.98. The highest BCUT2D eigenvalue weighted by atomic mass is 15.0. The summed E-state index contributed by atoms with van der Waals surface area (Å²) in [5, 5.41) is 3.25. The molecule has 4 nitrogen and oxygen atoms in total. The molecule has 0 saturated heterocycles. The maximum Gasteiger partial charge on any atom is 0.156 e. The molecule has 0 amide bonds. The lowest BCUT2D eigenvalue weighted by Gasteiger charge is -1.98. The highest BCUT2D eigenvalue weighted by Crippen LogP contribution is 2.12. The first-order valence-corrected chi connectivity index (χ1v) is 5.48. The summed E-state index contributed by atoms with van der Waals surface area (Å²) in [6.07, 6.45) is 1.85. The molecule has 0 spiro atoms. The molecule has 0 aliphatic rings. The van der Waals surface area contributed by atoms with Crippen molar-refractivity contribution in [1.29, 1.82) is 0 Å². The molecule has 2 aromatic heterocycles. The Labute approximate surface area is 95.1 Å². The number of aryl methyl sites for hydroxylation is 1. The van der Waals surface area contributed by atoms with Gasteiger partial charge in [-0.05, 0) is 25.6 Å². The van der Waals surface area contributed by atoms with Crippen molar-refractivity contribution in [2.75, 3.05) is 6.54 Å². The third-order valence-electron chi connectivity index (χ3n) is 2.32. The molecule has 0 atom stereocenters. The van der Waals surface area contributed by atoms with E-state index in [4.69, 9.17) is 0 Å². The molecular formula is C12H16N4. The van der Waals surface area contributed by atoms with Crippen molar-refractivity contribution in [2.24, 2.45) is 0 Å². The predicted octanol–water partition coefficient (Wildman–Crippen LogP) is 1.89. The number of hydrogen-bond acceptors (Lipinski definition) is 3. The van der Waals surface area contributed by atoms with Crippen LogP contribution in [-0.4, -0.2) is 21.5 Å². The number of aromatic nitrogens is 3.